The summed E-state index contributed by atoms with van der Waals surface area (Å²) in [5.41, 5.74) is -2.58. The molecular formula is C7H12O8P2-2. The molecule has 0 fully saturated rings. The van der Waals surface area contributed by atoms with Crippen molar-refractivity contribution in [2.75, 3.05) is 0 Å². The van der Waals surface area contributed by atoms with Crippen LogP contribution in [0.2, 0.25) is 0 Å². The van der Waals surface area contributed by atoms with Crippen molar-refractivity contribution in [3.05, 3.63) is 0 Å². The molecule has 0 spiro atoms. The van der Waals surface area contributed by atoms with E-state index in [0.717, 1.165) is 0 Å². The zero-order chi connectivity index (χ0) is 13.7. The van der Waals surface area contributed by atoms with Crippen LogP contribution in [0, 0.1) is 0 Å². The van der Waals surface area contributed by atoms with Gasteiger partial charge in [-0.05, 0) is 12.8 Å². The average Bonchev–Trinajstić information content (AvgIpc) is 2.13. The van der Waals surface area contributed by atoms with Gasteiger partial charge in [-0.3, -0.25) is 4.79 Å². The van der Waals surface area contributed by atoms with Gasteiger partial charge in [0.2, 0.25) is 5.52 Å². The molecular weight excluding hydrogens is 274 g/mol. The largest absolute Gasteiger partial charge is 0.681 e. The lowest BCUT2D eigenvalue weighted by molar-refractivity contribution is -0.422. The first kappa shape index (κ1) is 17.0. The minimum Gasteiger partial charge on any atom is -0.681 e. The molecule has 10 heteroatoms. The molecule has 0 aliphatic heterocycles. The van der Waals surface area contributed by atoms with Crippen molar-refractivity contribution in [1.82, 2.24) is 0 Å². The molecule has 0 atom stereocenters. The van der Waals surface area contributed by atoms with Gasteiger partial charge in [-0.25, -0.2) is 14.6 Å². The second-order valence-corrected chi connectivity index (χ2v) is 6.47. The van der Waals surface area contributed by atoms with Crippen LogP contribution in [0.3, 0.4) is 0 Å². The molecule has 0 rings (SSSR count). The summed E-state index contributed by atoms with van der Waals surface area (Å²) < 4.78 is 0. The fraction of sp³-hybridized carbons (Fsp3) is 0.714. The van der Waals surface area contributed by atoms with Crippen molar-refractivity contribution >= 4 is 26.9 Å². The van der Waals surface area contributed by atoms with Crippen LogP contribution in [0.4, 0.5) is 0 Å². The summed E-state index contributed by atoms with van der Waals surface area (Å²) in [4.78, 5) is 79.2. The van der Waals surface area contributed by atoms with E-state index < -0.39 is 33.4 Å². The van der Waals surface area contributed by atoms with Gasteiger partial charge in [0, 0.05) is 12.8 Å². The summed E-state index contributed by atoms with van der Waals surface area (Å²) in [7, 11) is -9.88. The topological polar surface area (TPSA) is 167 Å². The lowest BCUT2D eigenvalue weighted by Crippen LogP contribution is -2.38. The summed E-state index contributed by atoms with van der Waals surface area (Å²) in [6.45, 7) is 0. The Bertz CT molecular complexity index is 251. The number of unbranched alkanes of at least 4 members (excludes halogenated alkanes) is 2. The second kappa shape index (κ2) is 6.78. The first-order valence-corrected chi connectivity index (χ1v) is 7.85. The molecule has 17 heavy (non-hydrogen) atoms. The number of hydrogen-bond acceptors (Lipinski definition) is 8. The molecule has 100 valence electrons. The van der Waals surface area contributed by atoms with Gasteiger partial charge in [-0.1, -0.05) is 14.4 Å². The fourth-order valence-electron chi connectivity index (χ4n) is 1.01. The Morgan fingerprint density at radius 1 is 0.824 bits per heavy atom. The van der Waals surface area contributed by atoms with E-state index in [1.54, 1.807) is 0 Å². The fourth-order valence-corrected chi connectivity index (χ4v) is 1.89. The normalized spacial score (nSPS) is 12.6. The molecule has 0 heterocycles. The van der Waals surface area contributed by atoms with E-state index in [9.17, 15) is 29.2 Å². The number of carbonyl (C=O) groups is 2. The summed E-state index contributed by atoms with van der Waals surface area (Å²) in [6, 6.07) is 0. The summed E-state index contributed by atoms with van der Waals surface area (Å²) in [6.07, 6.45) is -0.336. The third kappa shape index (κ3) is 7.81. The predicted molar refractivity (Wildman–Crippen MR) is 51.4 cm³/mol. The van der Waals surface area contributed by atoms with Gasteiger partial charge in [0.15, 0.2) is 0 Å². The van der Waals surface area contributed by atoms with Crippen molar-refractivity contribution in [1.29, 1.82) is 0 Å². The van der Waals surface area contributed by atoms with E-state index >= 15 is 0 Å². The maximum atomic E-state index is 10.7. The number of hydrogen-bond donors (Lipinski definition) is 2. The highest BCUT2D eigenvalue weighted by Crippen LogP contribution is 2.41. The van der Waals surface area contributed by atoms with Crippen LogP contribution < -0.4 is 19.6 Å². The first-order chi connectivity index (χ1) is 7.55. The molecule has 0 saturated carbocycles. The van der Waals surface area contributed by atoms with E-state index in [2.05, 4.69) is 0 Å². The third-order valence-corrected chi connectivity index (χ3v) is 3.62. The third-order valence-electron chi connectivity index (χ3n) is 1.91. The van der Waals surface area contributed by atoms with Gasteiger partial charge in [0.25, 0.3) is 7.94 Å². The first-order valence-electron chi connectivity index (χ1n) is 4.69. The van der Waals surface area contributed by atoms with E-state index in [1.807, 2.05) is 0 Å². The van der Waals surface area contributed by atoms with Crippen molar-refractivity contribution < 1.29 is 38.9 Å². The highest BCUT2D eigenvalue weighted by atomic mass is 31.2. The highest BCUT2D eigenvalue weighted by Gasteiger charge is 2.30. The monoisotopic (exact) mass is 286 g/mol. The maximum Gasteiger partial charge on any atom is 0.322 e. The smallest absolute Gasteiger partial charge is 0.322 e. The zero-order valence-corrected chi connectivity index (χ0v) is 10.6. The Hall–Kier alpha value is -0.0400. The van der Waals surface area contributed by atoms with Crippen LogP contribution >= 0.6 is 15.9 Å². The number of rotatable bonds is 8. The lowest BCUT2D eigenvalue weighted by Gasteiger charge is -2.38. The van der Waals surface area contributed by atoms with E-state index in [4.69, 9.17) is 9.79 Å². The van der Waals surface area contributed by atoms with E-state index in [-0.39, 0.29) is 25.7 Å². The van der Waals surface area contributed by atoms with Crippen LogP contribution in [0.5, 0.6) is 0 Å². The molecule has 0 bridgehead atoms. The standard InChI is InChI=1S/C7H14O8P2/c8-6(16(10,11)12)4-2-1-3-5-7(9)17(13,14)15/h1-5H2,(H2,10,11,12)(H2,13,14,15)/p-2. The Morgan fingerprint density at radius 2 is 1.24 bits per heavy atom. The molecule has 2 N–H and O–H groups in total. The van der Waals surface area contributed by atoms with Gasteiger partial charge in [0.1, 0.15) is 0 Å². The second-order valence-electron chi connectivity index (χ2n) is 3.39. The van der Waals surface area contributed by atoms with Gasteiger partial charge >= 0.3 is 5.52 Å². The van der Waals surface area contributed by atoms with Crippen LogP contribution in [0.15, 0.2) is 0 Å². The molecule has 8 nitrogen and oxygen atoms in total. The lowest BCUT2D eigenvalue weighted by atomic mass is 10.2. The van der Waals surface area contributed by atoms with E-state index in [0.29, 0.717) is 0 Å². The average molecular weight is 286 g/mol. The molecule has 0 amide bonds. The quantitative estimate of drug-likeness (QED) is 0.350. The Labute approximate surface area is 98.7 Å². The molecule has 0 radical (unpaired) electrons. The Balaban J connectivity index is 3.68. The van der Waals surface area contributed by atoms with Gasteiger partial charge in [-0.2, -0.15) is 0 Å². The Kier molecular flexibility index (Phi) is 6.76. The SMILES string of the molecule is O=C(CCCCCC(=O)[P+]([O-])(O)O)[P+]([O-])([O-])[O-]. The zero-order valence-electron chi connectivity index (χ0n) is 8.77. The van der Waals surface area contributed by atoms with Gasteiger partial charge < -0.3 is 19.6 Å². The minimum absolute atomic E-state index is 0.0851. The predicted octanol–water partition coefficient (Wildman–Crippen LogP) is -3.06. The molecule has 0 unspecified atom stereocenters. The van der Waals surface area contributed by atoms with Gasteiger partial charge in [0.05, 0.1) is 0 Å². The molecule has 0 aliphatic rings. The van der Waals surface area contributed by atoms with Crippen molar-refractivity contribution in [3.8, 4) is 0 Å². The van der Waals surface area contributed by atoms with Crippen molar-refractivity contribution in [3.63, 3.8) is 0 Å². The van der Waals surface area contributed by atoms with Crippen LogP contribution in [-0.2, 0) is 9.59 Å². The van der Waals surface area contributed by atoms with Gasteiger partial charge in [-0.15, -0.1) is 0 Å². The summed E-state index contributed by atoms with van der Waals surface area (Å²) in [5.74, 6) is 0. The van der Waals surface area contributed by atoms with Crippen LogP contribution in [0.1, 0.15) is 32.1 Å². The molecule has 0 aromatic rings. The number of carbonyl (C=O) groups excluding carboxylic acids is 2. The van der Waals surface area contributed by atoms with Crippen LogP contribution in [-0.4, -0.2) is 20.8 Å². The molecule has 0 aliphatic carbocycles. The minimum atomic E-state index is -5.18. The molecule has 0 saturated heterocycles. The molecule has 0 aromatic carbocycles. The van der Waals surface area contributed by atoms with Crippen LogP contribution in [0.25, 0.3) is 0 Å². The highest BCUT2D eigenvalue weighted by molar-refractivity contribution is 7.74. The molecule has 0 aromatic heterocycles. The maximum absolute atomic E-state index is 10.7. The summed E-state index contributed by atoms with van der Waals surface area (Å²) in [5, 5.41) is 0. The summed E-state index contributed by atoms with van der Waals surface area (Å²) >= 11 is 0. The Morgan fingerprint density at radius 3 is 1.59 bits per heavy atom. The van der Waals surface area contributed by atoms with Crippen molar-refractivity contribution in [2.45, 2.75) is 32.1 Å². The van der Waals surface area contributed by atoms with E-state index in [1.165, 1.54) is 0 Å². The van der Waals surface area contributed by atoms with Crippen molar-refractivity contribution in [2.24, 2.45) is 0 Å².